The number of piperidine rings is 1. The highest BCUT2D eigenvalue weighted by Gasteiger charge is 2.26. The van der Waals surface area contributed by atoms with Crippen LogP contribution in [0.3, 0.4) is 0 Å². The van der Waals surface area contributed by atoms with Gasteiger partial charge in [0, 0.05) is 25.1 Å². The predicted molar refractivity (Wildman–Crippen MR) is 105 cm³/mol. The number of aromatic amines is 1. The number of hydrogen-bond donors (Lipinski definition) is 2. The summed E-state index contributed by atoms with van der Waals surface area (Å²) in [5.74, 6) is 0.223. The number of amides is 1. The average molecular weight is 382 g/mol. The molecule has 0 spiro atoms. The molecule has 1 saturated heterocycles. The van der Waals surface area contributed by atoms with Crippen LogP contribution in [0, 0.1) is 6.92 Å². The molecule has 0 bridgehead atoms. The highest BCUT2D eigenvalue weighted by Crippen LogP contribution is 2.26. The summed E-state index contributed by atoms with van der Waals surface area (Å²) in [6.07, 6.45) is 2.84. The zero-order chi connectivity index (χ0) is 18.0. The summed E-state index contributed by atoms with van der Waals surface area (Å²) in [6, 6.07) is 1.63. The van der Waals surface area contributed by atoms with Gasteiger partial charge in [0.25, 0.3) is 11.5 Å². The number of carbonyl (C=O) groups excluding carboxylic acids is 1. The zero-order valence-electron chi connectivity index (χ0n) is 15.7. The minimum Gasteiger partial charge on any atom is -0.339 e. The van der Waals surface area contributed by atoms with Crippen LogP contribution < -0.4 is 10.9 Å². The van der Waals surface area contributed by atoms with E-state index < -0.39 is 0 Å². The van der Waals surface area contributed by atoms with Crippen LogP contribution in [-0.2, 0) is 0 Å². The van der Waals surface area contributed by atoms with Gasteiger partial charge in [0.1, 0.15) is 11.2 Å². The van der Waals surface area contributed by atoms with Crippen molar-refractivity contribution in [3.8, 4) is 0 Å². The number of H-pyrrole nitrogens is 1. The van der Waals surface area contributed by atoms with Crippen molar-refractivity contribution in [1.82, 2.24) is 24.8 Å². The molecule has 0 aromatic carbocycles. The van der Waals surface area contributed by atoms with Gasteiger partial charge in [-0.25, -0.2) is 4.52 Å². The summed E-state index contributed by atoms with van der Waals surface area (Å²) >= 11 is 0. The van der Waals surface area contributed by atoms with Crippen LogP contribution in [0.5, 0.6) is 0 Å². The van der Waals surface area contributed by atoms with Gasteiger partial charge in [-0.2, -0.15) is 5.10 Å². The average Bonchev–Trinajstić information content (AvgIpc) is 2.94. The molecular weight excluding hydrogens is 354 g/mol. The molecule has 0 atom stereocenters. The number of aromatic nitrogens is 3. The Morgan fingerprint density at radius 3 is 2.65 bits per heavy atom. The first-order valence-electron chi connectivity index (χ1n) is 9.19. The lowest BCUT2D eigenvalue weighted by Crippen LogP contribution is -2.32. The second-order valence-corrected chi connectivity index (χ2v) is 6.69. The van der Waals surface area contributed by atoms with Gasteiger partial charge in [-0.15, -0.1) is 12.4 Å². The van der Waals surface area contributed by atoms with Gasteiger partial charge < -0.3 is 15.2 Å². The fraction of sp³-hybridized carbons (Fsp3) is 0.611. The summed E-state index contributed by atoms with van der Waals surface area (Å²) in [5, 5.41) is 7.95. The van der Waals surface area contributed by atoms with E-state index in [4.69, 9.17) is 0 Å². The molecule has 0 saturated carbocycles. The SMILES string of the molecule is CCCN(CC)C(=O)c1c(C)nn2c(C3CCNCC3)cc(=O)[nH]c12.Cl. The van der Waals surface area contributed by atoms with Gasteiger partial charge >= 0.3 is 0 Å². The normalized spacial score (nSPS) is 15.0. The number of carbonyl (C=O) groups is 1. The van der Waals surface area contributed by atoms with Crippen molar-refractivity contribution in [2.24, 2.45) is 0 Å². The molecule has 3 heterocycles. The van der Waals surface area contributed by atoms with E-state index in [2.05, 4.69) is 22.3 Å². The first kappa shape index (κ1) is 20.5. The van der Waals surface area contributed by atoms with Crippen LogP contribution in [0.25, 0.3) is 5.65 Å². The van der Waals surface area contributed by atoms with Crippen molar-refractivity contribution in [3.05, 3.63) is 33.4 Å². The smallest absolute Gasteiger partial charge is 0.259 e. The van der Waals surface area contributed by atoms with Crippen LogP contribution in [0.2, 0.25) is 0 Å². The number of fused-ring (bicyclic) bond motifs is 1. The minimum absolute atomic E-state index is 0. The maximum absolute atomic E-state index is 13.0. The molecule has 2 aromatic heterocycles. The molecule has 1 aliphatic rings. The first-order valence-corrected chi connectivity index (χ1v) is 9.19. The lowest BCUT2D eigenvalue weighted by molar-refractivity contribution is 0.0765. The lowest BCUT2D eigenvalue weighted by atomic mass is 9.94. The molecule has 2 N–H and O–H groups in total. The highest BCUT2D eigenvalue weighted by molar-refractivity contribution is 6.01. The Labute approximate surface area is 159 Å². The van der Waals surface area contributed by atoms with E-state index in [9.17, 15) is 9.59 Å². The van der Waals surface area contributed by atoms with Gasteiger partial charge in [0.2, 0.25) is 0 Å². The van der Waals surface area contributed by atoms with E-state index in [1.54, 1.807) is 15.5 Å². The molecule has 144 valence electrons. The summed E-state index contributed by atoms with van der Waals surface area (Å²) in [5.41, 5.74) is 2.44. The quantitative estimate of drug-likeness (QED) is 0.830. The van der Waals surface area contributed by atoms with Crippen LogP contribution in [-0.4, -0.2) is 51.6 Å². The van der Waals surface area contributed by atoms with Crippen molar-refractivity contribution in [1.29, 1.82) is 0 Å². The van der Waals surface area contributed by atoms with Crippen LogP contribution in [0.15, 0.2) is 10.9 Å². The molecule has 0 aliphatic carbocycles. The molecule has 1 fully saturated rings. The van der Waals surface area contributed by atoms with Crippen LogP contribution in [0.1, 0.15) is 60.8 Å². The van der Waals surface area contributed by atoms with E-state index in [1.165, 1.54) is 0 Å². The van der Waals surface area contributed by atoms with Crippen molar-refractivity contribution in [3.63, 3.8) is 0 Å². The molecule has 3 rings (SSSR count). The highest BCUT2D eigenvalue weighted by atomic mass is 35.5. The maximum atomic E-state index is 13.0. The maximum Gasteiger partial charge on any atom is 0.259 e. The Bertz CT molecular complexity index is 823. The van der Waals surface area contributed by atoms with Crippen LogP contribution >= 0.6 is 12.4 Å². The molecule has 7 nitrogen and oxygen atoms in total. The van der Waals surface area contributed by atoms with E-state index in [-0.39, 0.29) is 29.8 Å². The molecule has 0 unspecified atom stereocenters. The lowest BCUT2D eigenvalue weighted by Gasteiger charge is -2.23. The fourth-order valence-electron chi connectivity index (χ4n) is 3.67. The molecular formula is C18H28ClN5O2. The number of nitrogens with zero attached hydrogens (tertiary/aromatic N) is 3. The van der Waals surface area contributed by atoms with E-state index in [0.29, 0.717) is 30.0 Å². The predicted octanol–water partition coefficient (Wildman–Crippen LogP) is 2.09. The molecule has 0 radical (unpaired) electrons. The van der Waals surface area contributed by atoms with Gasteiger partial charge in [-0.1, -0.05) is 6.92 Å². The molecule has 1 amide bonds. The Morgan fingerprint density at radius 1 is 1.35 bits per heavy atom. The van der Waals surface area contributed by atoms with Crippen molar-refractivity contribution < 1.29 is 4.79 Å². The zero-order valence-corrected chi connectivity index (χ0v) is 16.5. The standard InChI is InChI=1S/C18H27N5O2.ClH/c1-4-10-22(5-2)18(25)16-12(3)21-23-14(11-15(24)20-17(16)23)13-6-8-19-9-7-13;/h11,13,19H,4-10H2,1-3H3,(H,20,24);1H. The second kappa shape index (κ2) is 8.68. The summed E-state index contributed by atoms with van der Waals surface area (Å²) in [7, 11) is 0. The van der Waals surface area contributed by atoms with E-state index >= 15 is 0 Å². The van der Waals surface area contributed by atoms with Gasteiger partial charge in [0.15, 0.2) is 0 Å². The second-order valence-electron chi connectivity index (χ2n) is 6.69. The summed E-state index contributed by atoms with van der Waals surface area (Å²) in [4.78, 5) is 29.9. The van der Waals surface area contributed by atoms with Gasteiger partial charge in [-0.3, -0.25) is 9.59 Å². The minimum atomic E-state index is -0.173. The number of nitrogens with one attached hydrogen (secondary N) is 2. The third-order valence-corrected chi connectivity index (χ3v) is 4.96. The summed E-state index contributed by atoms with van der Waals surface area (Å²) < 4.78 is 1.78. The Balaban J connectivity index is 0.00000243. The van der Waals surface area contributed by atoms with Gasteiger partial charge in [-0.05, 0) is 46.2 Å². The van der Waals surface area contributed by atoms with Gasteiger partial charge in [0.05, 0.1) is 11.4 Å². The van der Waals surface area contributed by atoms with Crippen molar-refractivity contribution in [2.45, 2.75) is 46.0 Å². The van der Waals surface area contributed by atoms with Crippen molar-refractivity contribution >= 4 is 24.0 Å². The van der Waals surface area contributed by atoms with E-state index in [0.717, 1.165) is 38.0 Å². The molecule has 1 aliphatic heterocycles. The van der Waals surface area contributed by atoms with Crippen LogP contribution in [0.4, 0.5) is 0 Å². The number of rotatable bonds is 5. The third kappa shape index (κ3) is 3.78. The van der Waals surface area contributed by atoms with Crippen molar-refractivity contribution in [2.75, 3.05) is 26.2 Å². The Hall–Kier alpha value is -1.86. The number of halogens is 1. The Kier molecular flexibility index (Phi) is 6.83. The fourth-order valence-corrected chi connectivity index (χ4v) is 3.67. The number of aryl methyl sites for hydroxylation is 1. The summed E-state index contributed by atoms with van der Waals surface area (Å²) in [6.45, 7) is 9.07. The number of hydrogen-bond acceptors (Lipinski definition) is 4. The monoisotopic (exact) mass is 381 g/mol. The van der Waals surface area contributed by atoms with E-state index in [1.807, 2.05) is 13.8 Å². The molecule has 8 heteroatoms. The molecule has 26 heavy (non-hydrogen) atoms. The molecule has 2 aromatic rings. The Morgan fingerprint density at radius 2 is 2.04 bits per heavy atom. The third-order valence-electron chi connectivity index (χ3n) is 4.96. The largest absolute Gasteiger partial charge is 0.339 e. The first-order chi connectivity index (χ1) is 12.1. The topological polar surface area (TPSA) is 82.5 Å².